The molecule has 1 heterocycles. The minimum Gasteiger partial charge on any atom is -0.372 e. The van der Waals surface area contributed by atoms with E-state index in [1.165, 1.54) is 6.07 Å². The van der Waals surface area contributed by atoms with Gasteiger partial charge in [0.05, 0.1) is 5.52 Å². The minimum absolute atomic E-state index is 0.611. The molecule has 1 N–H and O–H groups in total. The highest BCUT2D eigenvalue weighted by Crippen LogP contribution is 2.29. The fraction of sp³-hybridized carbons (Fsp3) is 0.176. The van der Waals surface area contributed by atoms with Crippen LogP contribution in [0.3, 0.4) is 0 Å². The van der Waals surface area contributed by atoms with Crippen LogP contribution in [0.1, 0.15) is 6.92 Å². The van der Waals surface area contributed by atoms with Crippen molar-refractivity contribution < 1.29 is 8.78 Å². The maximum absolute atomic E-state index is 13.4. The second-order valence-electron chi connectivity index (χ2n) is 4.90. The molecule has 0 aliphatic carbocycles. The van der Waals surface area contributed by atoms with Crippen LogP contribution in [0.4, 0.5) is 14.6 Å². The molecule has 23 heavy (non-hydrogen) atoms. The Bertz CT molecular complexity index is 868. The molecule has 3 aromatic rings. The first-order chi connectivity index (χ1) is 11.1. The molecular formula is C17H15F2N3S. The van der Waals surface area contributed by atoms with Gasteiger partial charge in [-0.2, -0.15) is 0 Å². The molecule has 0 radical (unpaired) electrons. The number of benzene rings is 2. The van der Waals surface area contributed by atoms with E-state index < -0.39 is 11.6 Å². The molecule has 1 aromatic heterocycles. The molecule has 0 aliphatic heterocycles. The molecule has 0 unspecified atom stereocenters. The summed E-state index contributed by atoms with van der Waals surface area (Å²) in [6.45, 7) is 2.04. The summed E-state index contributed by atoms with van der Waals surface area (Å²) in [5, 5.41) is 4.65. The summed E-state index contributed by atoms with van der Waals surface area (Å²) < 4.78 is 26.5. The van der Waals surface area contributed by atoms with E-state index in [-0.39, 0.29) is 0 Å². The van der Waals surface area contributed by atoms with Crippen LogP contribution in [0.5, 0.6) is 0 Å². The Hall–Kier alpha value is -2.21. The molecule has 3 nitrogen and oxygen atoms in total. The van der Waals surface area contributed by atoms with Gasteiger partial charge in [0.15, 0.2) is 16.8 Å². The Balaban J connectivity index is 2.14. The molecule has 3 rings (SSSR count). The van der Waals surface area contributed by atoms with E-state index in [2.05, 4.69) is 15.3 Å². The Morgan fingerprint density at radius 3 is 2.43 bits per heavy atom. The third-order valence-electron chi connectivity index (χ3n) is 3.44. The Kier molecular flexibility index (Phi) is 4.43. The van der Waals surface area contributed by atoms with Gasteiger partial charge in [0.2, 0.25) is 0 Å². The molecule has 0 atom stereocenters. The SMILES string of the molecule is CCSc1nc(NC)c2ccc(-c3ccc(F)c(F)c3)cc2n1. The van der Waals surface area contributed by atoms with Gasteiger partial charge < -0.3 is 5.32 Å². The van der Waals surface area contributed by atoms with E-state index in [0.29, 0.717) is 10.7 Å². The van der Waals surface area contributed by atoms with Gasteiger partial charge in [0.1, 0.15) is 5.82 Å². The first kappa shape index (κ1) is 15.7. The summed E-state index contributed by atoms with van der Waals surface area (Å²) in [5.41, 5.74) is 2.16. The fourth-order valence-corrected chi connectivity index (χ4v) is 2.92. The number of fused-ring (bicyclic) bond motifs is 1. The molecule has 0 bridgehead atoms. The average molecular weight is 331 g/mol. The van der Waals surface area contributed by atoms with Crippen molar-refractivity contribution in [1.29, 1.82) is 0 Å². The van der Waals surface area contributed by atoms with Crippen LogP contribution in [-0.4, -0.2) is 22.8 Å². The number of aromatic nitrogens is 2. The number of rotatable bonds is 4. The number of nitrogens with one attached hydrogen (secondary N) is 1. The van der Waals surface area contributed by atoms with Crippen LogP contribution in [0.2, 0.25) is 0 Å². The maximum Gasteiger partial charge on any atom is 0.190 e. The van der Waals surface area contributed by atoms with Crippen LogP contribution in [0.25, 0.3) is 22.0 Å². The van der Waals surface area contributed by atoms with Crippen LogP contribution < -0.4 is 5.32 Å². The lowest BCUT2D eigenvalue weighted by atomic mass is 10.0. The van der Waals surface area contributed by atoms with Crippen molar-refractivity contribution in [2.45, 2.75) is 12.1 Å². The van der Waals surface area contributed by atoms with E-state index >= 15 is 0 Å². The van der Waals surface area contributed by atoms with Gasteiger partial charge in [-0.1, -0.05) is 30.8 Å². The zero-order chi connectivity index (χ0) is 16.4. The van der Waals surface area contributed by atoms with Crippen molar-refractivity contribution >= 4 is 28.5 Å². The molecule has 6 heteroatoms. The maximum atomic E-state index is 13.4. The number of hydrogen-bond acceptors (Lipinski definition) is 4. The molecule has 0 fully saturated rings. The molecule has 0 amide bonds. The second-order valence-corrected chi connectivity index (χ2v) is 6.13. The minimum atomic E-state index is -0.858. The van der Waals surface area contributed by atoms with Gasteiger partial charge in [0, 0.05) is 12.4 Å². The van der Waals surface area contributed by atoms with E-state index in [0.717, 1.165) is 34.1 Å². The quantitative estimate of drug-likeness (QED) is 0.554. The van der Waals surface area contributed by atoms with Gasteiger partial charge in [-0.25, -0.2) is 18.7 Å². The van der Waals surface area contributed by atoms with Crippen molar-refractivity contribution in [3.8, 4) is 11.1 Å². The predicted molar refractivity (Wildman–Crippen MR) is 90.8 cm³/mol. The molecule has 0 aliphatic rings. The van der Waals surface area contributed by atoms with Crippen LogP contribution in [-0.2, 0) is 0 Å². The predicted octanol–water partition coefficient (Wildman–Crippen LogP) is 4.73. The Morgan fingerprint density at radius 1 is 1.00 bits per heavy atom. The van der Waals surface area contributed by atoms with Gasteiger partial charge in [0.25, 0.3) is 0 Å². The normalized spacial score (nSPS) is 11.0. The van der Waals surface area contributed by atoms with Gasteiger partial charge in [-0.15, -0.1) is 0 Å². The summed E-state index contributed by atoms with van der Waals surface area (Å²) in [6.07, 6.45) is 0. The number of thioether (sulfide) groups is 1. The van der Waals surface area contributed by atoms with Crippen molar-refractivity contribution in [3.63, 3.8) is 0 Å². The highest BCUT2D eigenvalue weighted by molar-refractivity contribution is 7.99. The van der Waals surface area contributed by atoms with Crippen LogP contribution in [0, 0.1) is 11.6 Å². The summed E-state index contributed by atoms with van der Waals surface area (Å²) in [6, 6.07) is 9.49. The van der Waals surface area contributed by atoms with Crippen molar-refractivity contribution in [3.05, 3.63) is 48.0 Å². The largest absolute Gasteiger partial charge is 0.372 e. The molecule has 0 spiro atoms. The highest BCUT2D eigenvalue weighted by Gasteiger charge is 2.10. The summed E-state index contributed by atoms with van der Waals surface area (Å²) in [5.74, 6) is -0.0838. The lowest BCUT2D eigenvalue weighted by Crippen LogP contribution is -1.98. The van der Waals surface area contributed by atoms with Gasteiger partial charge >= 0.3 is 0 Å². The monoisotopic (exact) mass is 331 g/mol. The lowest BCUT2D eigenvalue weighted by molar-refractivity contribution is 0.509. The van der Waals surface area contributed by atoms with E-state index in [4.69, 9.17) is 0 Å². The Labute approximate surface area is 137 Å². The van der Waals surface area contributed by atoms with Crippen molar-refractivity contribution in [2.75, 3.05) is 18.1 Å². The Morgan fingerprint density at radius 2 is 1.74 bits per heavy atom. The second kappa shape index (κ2) is 6.50. The molecule has 0 saturated heterocycles. The van der Waals surface area contributed by atoms with E-state index in [1.54, 1.807) is 17.8 Å². The number of anilines is 1. The fourth-order valence-electron chi connectivity index (χ4n) is 2.35. The summed E-state index contributed by atoms with van der Waals surface area (Å²) in [7, 11) is 1.81. The molecule has 0 saturated carbocycles. The number of nitrogens with zero attached hydrogens (tertiary/aromatic N) is 2. The third-order valence-corrected chi connectivity index (χ3v) is 4.17. The summed E-state index contributed by atoms with van der Waals surface area (Å²) >= 11 is 1.55. The third kappa shape index (κ3) is 3.12. The standard InChI is InChI=1S/C17H15F2N3S/c1-3-23-17-21-15-9-11(4-6-12(15)16(20-2)22-17)10-5-7-13(18)14(19)8-10/h4-9H,3H2,1-2H3,(H,20,21,22). The van der Waals surface area contributed by atoms with Gasteiger partial charge in [-0.3, -0.25) is 0 Å². The zero-order valence-corrected chi connectivity index (χ0v) is 13.5. The summed E-state index contributed by atoms with van der Waals surface area (Å²) in [4.78, 5) is 9.01. The first-order valence-corrected chi connectivity index (χ1v) is 8.18. The van der Waals surface area contributed by atoms with Crippen LogP contribution in [0.15, 0.2) is 41.6 Å². The van der Waals surface area contributed by atoms with Crippen LogP contribution >= 0.6 is 11.8 Å². The highest BCUT2D eigenvalue weighted by atomic mass is 32.2. The zero-order valence-electron chi connectivity index (χ0n) is 12.7. The van der Waals surface area contributed by atoms with E-state index in [1.807, 2.05) is 32.2 Å². The van der Waals surface area contributed by atoms with E-state index in [9.17, 15) is 8.78 Å². The molecule has 2 aromatic carbocycles. The first-order valence-electron chi connectivity index (χ1n) is 7.20. The lowest BCUT2D eigenvalue weighted by Gasteiger charge is -2.09. The topological polar surface area (TPSA) is 37.8 Å². The number of halogens is 2. The smallest absolute Gasteiger partial charge is 0.190 e. The average Bonchev–Trinajstić information content (AvgIpc) is 2.56. The number of hydrogen-bond donors (Lipinski definition) is 1. The van der Waals surface area contributed by atoms with Crippen molar-refractivity contribution in [2.24, 2.45) is 0 Å². The van der Waals surface area contributed by atoms with Gasteiger partial charge in [-0.05, 0) is 41.1 Å². The van der Waals surface area contributed by atoms with Crippen molar-refractivity contribution in [1.82, 2.24) is 9.97 Å². The molecular weight excluding hydrogens is 316 g/mol. The molecule has 118 valence electrons.